The van der Waals surface area contributed by atoms with Crippen molar-refractivity contribution in [1.29, 1.82) is 0 Å². The lowest BCUT2D eigenvalue weighted by Gasteiger charge is -2.08. The van der Waals surface area contributed by atoms with E-state index in [-0.39, 0.29) is 5.91 Å². The molecule has 0 aliphatic rings. The topological polar surface area (TPSA) is 43.3 Å². The summed E-state index contributed by atoms with van der Waals surface area (Å²) in [5.41, 5.74) is 2.14. The third-order valence-electron chi connectivity index (χ3n) is 3.17. The Bertz CT molecular complexity index is 575. The first-order valence-electron chi connectivity index (χ1n) is 6.68. The van der Waals surface area contributed by atoms with Gasteiger partial charge in [-0.1, -0.05) is 18.2 Å². The van der Waals surface area contributed by atoms with E-state index in [4.69, 9.17) is 4.74 Å². The standard InChI is InChI=1S/C16H20N2O2/c1-18-10-8-13(12-18)11-16(19)17-9-7-14-5-3-4-6-15(14)20-2/h3-6,8,10,12H,7,9,11H2,1-2H3,(H,17,19). The zero-order valence-corrected chi connectivity index (χ0v) is 11.9. The largest absolute Gasteiger partial charge is 0.496 e. The molecule has 1 heterocycles. The van der Waals surface area contributed by atoms with E-state index in [2.05, 4.69) is 5.32 Å². The van der Waals surface area contributed by atoms with Crippen LogP contribution in [0.1, 0.15) is 11.1 Å². The smallest absolute Gasteiger partial charge is 0.224 e. The van der Waals surface area contributed by atoms with Gasteiger partial charge in [0, 0.05) is 26.0 Å². The molecule has 0 radical (unpaired) electrons. The summed E-state index contributed by atoms with van der Waals surface area (Å²) in [6, 6.07) is 9.82. The average molecular weight is 272 g/mol. The fourth-order valence-corrected chi connectivity index (χ4v) is 2.16. The van der Waals surface area contributed by atoms with Gasteiger partial charge in [0.2, 0.25) is 5.91 Å². The van der Waals surface area contributed by atoms with E-state index in [1.807, 2.05) is 54.3 Å². The normalized spacial score (nSPS) is 10.3. The number of carbonyl (C=O) groups is 1. The number of aryl methyl sites for hydroxylation is 1. The molecule has 0 fully saturated rings. The van der Waals surface area contributed by atoms with Crippen LogP contribution >= 0.6 is 0 Å². The maximum atomic E-state index is 11.8. The van der Waals surface area contributed by atoms with Crippen LogP contribution < -0.4 is 10.1 Å². The van der Waals surface area contributed by atoms with Crippen LogP contribution in [0.15, 0.2) is 42.7 Å². The lowest BCUT2D eigenvalue weighted by atomic mass is 10.1. The Kier molecular flexibility index (Phi) is 4.82. The molecule has 106 valence electrons. The van der Waals surface area contributed by atoms with Crippen LogP contribution in [0.5, 0.6) is 5.75 Å². The molecule has 1 amide bonds. The number of aromatic nitrogens is 1. The number of para-hydroxylation sites is 1. The monoisotopic (exact) mass is 272 g/mol. The molecule has 0 saturated carbocycles. The van der Waals surface area contributed by atoms with E-state index in [0.717, 1.165) is 23.3 Å². The molecule has 0 saturated heterocycles. The highest BCUT2D eigenvalue weighted by Gasteiger charge is 2.05. The molecule has 1 aromatic carbocycles. The van der Waals surface area contributed by atoms with E-state index in [1.165, 1.54) is 0 Å². The Morgan fingerprint density at radius 2 is 2.10 bits per heavy atom. The summed E-state index contributed by atoms with van der Waals surface area (Å²) in [7, 11) is 3.61. The molecule has 1 aromatic heterocycles. The minimum absolute atomic E-state index is 0.0473. The van der Waals surface area contributed by atoms with E-state index in [1.54, 1.807) is 7.11 Å². The zero-order valence-electron chi connectivity index (χ0n) is 11.9. The molecule has 0 bridgehead atoms. The van der Waals surface area contributed by atoms with Crippen LogP contribution in [0.4, 0.5) is 0 Å². The second kappa shape index (κ2) is 6.80. The first-order chi connectivity index (χ1) is 9.69. The van der Waals surface area contributed by atoms with Gasteiger partial charge < -0.3 is 14.6 Å². The zero-order chi connectivity index (χ0) is 14.4. The van der Waals surface area contributed by atoms with Gasteiger partial charge in [-0.05, 0) is 29.7 Å². The van der Waals surface area contributed by atoms with Crippen LogP contribution in [-0.4, -0.2) is 24.1 Å². The molecule has 4 heteroatoms. The fraction of sp³-hybridized carbons (Fsp3) is 0.312. The van der Waals surface area contributed by atoms with E-state index in [0.29, 0.717) is 13.0 Å². The molecule has 0 aliphatic heterocycles. The van der Waals surface area contributed by atoms with Crippen LogP contribution in [0.2, 0.25) is 0 Å². The van der Waals surface area contributed by atoms with Crippen LogP contribution in [-0.2, 0) is 24.7 Å². The molecule has 20 heavy (non-hydrogen) atoms. The maximum Gasteiger partial charge on any atom is 0.224 e. The van der Waals surface area contributed by atoms with Gasteiger partial charge >= 0.3 is 0 Å². The van der Waals surface area contributed by atoms with Crippen molar-refractivity contribution in [1.82, 2.24) is 9.88 Å². The van der Waals surface area contributed by atoms with Gasteiger partial charge in [-0.3, -0.25) is 4.79 Å². The first kappa shape index (κ1) is 14.2. The summed E-state index contributed by atoms with van der Waals surface area (Å²) >= 11 is 0. The number of rotatable bonds is 6. The van der Waals surface area contributed by atoms with Crippen molar-refractivity contribution in [2.75, 3.05) is 13.7 Å². The lowest BCUT2D eigenvalue weighted by molar-refractivity contribution is -0.120. The predicted octanol–water partition coefficient (Wildman–Crippen LogP) is 1.94. The Morgan fingerprint density at radius 3 is 2.80 bits per heavy atom. The van der Waals surface area contributed by atoms with Crippen molar-refractivity contribution >= 4 is 5.91 Å². The number of ether oxygens (including phenoxy) is 1. The van der Waals surface area contributed by atoms with E-state index in [9.17, 15) is 4.79 Å². The molecule has 0 spiro atoms. The minimum atomic E-state index is 0.0473. The molecular weight excluding hydrogens is 252 g/mol. The number of carbonyl (C=O) groups excluding carboxylic acids is 1. The summed E-state index contributed by atoms with van der Waals surface area (Å²) in [6.45, 7) is 0.617. The van der Waals surface area contributed by atoms with Gasteiger partial charge in [0.05, 0.1) is 13.5 Å². The van der Waals surface area contributed by atoms with Crippen molar-refractivity contribution < 1.29 is 9.53 Å². The molecule has 0 unspecified atom stereocenters. The van der Waals surface area contributed by atoms with Gasteiger partial charge in [-0.2, -0.15) is 0 Å². The molecule has 0 atom stereocenters. The highest BCUT2D eigenvalue weighted by Crippen LogP contribution is 2.17. The number of benzene rings is 1. The Labute approximate surface area is 119 Å². The second-order valence-electron chi connectivity index (χ2n) is 4.77. The van der Waals surface area contributed by atoms with Crippen molar-refractivity contribution in [2.45, 2.75) is 12.8 Å². The molecule has 2 aromatic rings. The number of methoxy groups -OCH3 is 1. The molecule has 2 rings (SSSR count). The third-order valence-corrected chi connectivity index (χ3v) is 3.17. The minimum Gasteiger partial charge on any atom is -0.496 e. The Morgan fingerprint density at radius 1 is 1.30 bits per heavy atom. The van der Waals surface area contributed by atoms with Gasteiger partial charge in [-0.15, -0.1) is 0 Å². The lowest BCUT2D eigenvalue weighted by Crippen LogP contribution is -2.27. The first-order valence-corrected chi connectivity index (χ1v) is 6.68. The van der Waals surface area contributed by atoms with E-state index >= 15 is 0 Å². The van der Waals surface area contributed by atoms with Gasteiger partial charge in [0.25, 0.3) is 0 Å². The summed E-state index contributed by atoms with van der Waals surface area (Å²) in [4.78, 5) is 11.8. The second-order valence-corrected chi connectivity index (χ2v) is 4.77. The SMILES string of the molecule is COc1ccccc1CCNC(=O)Cc1ccn(C)c1. The molecule has 1 N–H and O–H groups in total. The van der Waals surface area contributed by atoms with Crippen molar-refractivity contribution in [3.8, 4) is 5.75 Å². The Balaban J connectivity index is 1.79. The summed E-state index contributed by atoms with van der Waals surface area (Å²) in [6.07, 6.45) is 5.09. The quantitative estimate of drug-likeness (QED) is 0.873. The van der Waals surface area contributed by atoms with Gasteiger partial charge in [0.1, 0.15) is 5.75 Å². The molecule has 0 aliphatic carbocycles. The number of hydrogen-bond donors (Lipinski definition) is 1. The summed E-state index contributed by atoms with van der Waals surface area (Å²) < 4.78 is 7.23. The molecular formula is C16H20N2O2. The van der Waals surface area contributed by atoms with Gasteiger partial charge in [-0.25, -0.2) is 0 Å². The number of nitrogens with one attached hydrogen (secondary N) is 1. The molecule has 4 nitrogen and oxygen atoms in total. The summed E-state index contributed by atoms with van der Waals surface area (Å²) in [5.74, 6) is 0.913. The fourth-order valence-electron chi connectivity index (χ4n) is 2.16. The number of hydrogen-bond acceptors (Lipinski definition) is 2. The van der Waals surface area contributed by atoms with Crippen LogP contribution in [0, 0.1) is 0 Å². The summed E-state index contributed by atoms with van der Waals surface area (Å²) in [5, 5.41) is 2.94. The van der Waals surface area contributed by atoms with Crippen molar-refractivity contribution in [3.63, 3.8) is 0 Å². The number of nitrogens with zero attached hydrogens (tertiary/aromatic N) is 1. The van der Waals surface area contributed by atoms with Crippen molar-refractivity contribution in [2.24, 2.45) is 7.05 Å². The van der Waals surface area contributed by atoms with Crippen molar-refractivity contribution in [3.05, 3.63) is 53.9 Å². The van der Waals surface area contributed by atoms with Gasteiger partial charge in [0.15, 0.2) is 0 Å². The van der Waals surface area contributed by atoms with Crippen LogP contribution in [0.3, 0.4) is 0 Å². The van der Waals surface area contributed by atoms with E-state index < -0.39 is 0 Å². The maximum absolute atomic E-state index is 11.8. The average Bonchev–Trinajstić information content (AvgIpc) is 2.84. The third kappa shape index (κ3) is 3.88. The Hall–Kier alpha value is -2.23. The highest BCUT2D eigenvalue weighted by atomic mass is 16.5. The predicted molar refractivity (Wildman–Crippen MR) is 78.8 cm³/mol. The van der Waals surface area contributed by atoms with Crippen LogP contribution in [0.25, 0.3) is 0 Å². The highest BCUT2D eigenvalue weighted by molar-refractivity contribution is 5.78. The number of amides is 1.